The Balaban J connectivity index is 1.49. The number of ether oxygens (including phenoxy) is 1. The highest BCUT2D eigenvalue weighted by atomic mass is 16.5. The molecule has 1 aliphatic carbocycles. The number of aromatic nitrogens is 1. The van der Waals surface area contributed by atoms with Gasteiger partial charge in [0, 0.05) is 23.4 Å². The lowest BCUT2D eigenvalue weighted by atomic mass is 9.93. The van der Waals surface area contributed by atoms with Gasteiger partial charge in [-0.25, -0.2) is 0 Å². The van der Waals surface area contributed by atoms with E-state index in [9.17, 15) is 14.4 Å². The number of Topliss-reactive ketones (excluding diaryl/α,β-unsaturated/α-hetero) is 1. The molecular weight excluding hydrogens is 380 g/mol. The summed E-state index contributed by atoms with van der Waals surface area (Å²) in [7, 11) is 0. The zero-order chi connectivity index (χ0) is 21.1. The van der Waals surface area contributed by atoms with Crippen molar-refractivity contribution in [1.82, 2.24) is 4.98 Å². The lowest BCUT2D eigenvalue weighted by Gasteiger charge is -2.15. The summed E-state index contributed by atoms with van der Waals surface area (Å²) in [5.41, 5.74) is 2.95. The van der Waals surface area contributed by atoms with Gasteiger partial charge in [-0.1, -0.05) is 30.3 Å². The van der Waals surface area contributed by atoms with E-state index in [1.54, 1.807) is 12.1 Å². The molecule has 1 heterocycles. The van der Waals surface area contributed by atoms with Crippen LogP contribution in [0.25, 0.3) is 0 Å². The molecule has 0 unspecified atom stereocenters. The number of ketones is 1. The molecule has 0 aliphatic heterocycles. The Morgan fingerprint density at radius 2 is 1.87 bits per heavy atom. The summed E-state index contributed by atoms with van der Waals surface area (Å²) >= 11 is 0. The zero-order valence-corrected chi connectivity index (χ0v) is 16.7. The van der Waals surface area contributed by atoms with Crippen molar-refractivity contribution in [3.05, 3.63) is 92.9 Å². The number of amides is 1. The van der Waals surface area contributed by atoms with E-state index in [0.717, 1.165) is 11.1 Å². The third kappa shape index (κ3) is 4.17. The van der Waals surface area contributed by atoms with Crippen LogP contribution < -0.4 is 15.6 Å². The number of hydrogen-bond donors (Lipinski definition) is 2. The first-order valence-electron chi connectivity index (χ1n) is 9.89. The normalized spacial score (nSPS) is 12.9. The number of H-pyrrole nitrogens is 1. The molecule has 1 aromatic heterocycles. The Kier molecular flexibility index (Phi) is 5.48. The van der Waals surface area contributed by atoms with Crippen molar-refractivity contribution in [2.75, 3.05) is 5.32 Å². The highest BCUT2D eigenvalue weighted by molar-refractivity contribution is 6.06. The van der Waals surface area contributed by atoms with Crippen molar-refractivity contribution in [1.29, 1.82) is 0 Å². The van der Waals surface area contributed by atoms with E-state index in [1.165, 1.54) is 6.07 Å². The molecule has 4 rings (SSSR count). The fourth-order valence-electron chi connectivity index (χ4n) is 3.54. The fraction of sp³-hybridized carbons (Fsp3) is 0.208. The number of benzene rings is 2. The number of aryl methyl sites for hydroxylation is 2. The van der Waals surface area contributed by atoms with E-state index < -0.39 is 11.5 Å². The van der Waals surface area contributed by atoms with Gasteiger partial charge in [-0.05, 0) is 55.2 Å². The van der Waals surface area contributed by atoms with Crippen molar-refractivity contribution < 1.29 is 14.3 Å². The molecular formula is C24H22N2O4. The van der Waals surface area contributed by atoms with Gasteiger partial charge in [0.25, 0.3) is 11.5 Å². The molecule has 3 aromatic rings. The molecule has 0 saturated heterocycles. The van der Waals surface area contributed by atoms with E-state index in [4.69, 9.17) is 4.74 Å². The van der Waals surface area contributed by atoms with Gasteiger partial charge >= 0.3 is 0 Å². The highest BCUT2D eigenvalue weighted by Crippen LogP contribution is 2.23. The zero-order valence-electron chi connectivity index (χ0n) is 16.7. The minimum atomic E-state index is -0.543. The number of rotatable bonds is 5. The van der Waals surface area contributed by atoms with Crippen LogP contribution in [0.15, 0.2) is 59.4 Å². The summed E-state index contributed by atoms with van der Waals surface area (Å²) in [5, 5.41) is 2.76. The number of nitrogens with one attached hydrogen (secondary N) is 2. The van der Waals surface area contributed by atoms with Crippen LogP contribution in [0.3, 0.4) is 0 Å². The fourth-order valence-corrected chi connectivity index (χ4v) is 3.54. The summed E-state index contributed by atoms with van der Waals surface area (Å²) in [6.07, 6.45) is 1.79. The van der Waals surface area contributed by atoms with Gasteiger partial charge in [-0.3, -0.25) is 14.4 Å². The summed E-state index contributed by atoms with van der Waals surface area (Å²) in [6.45, 7) is 2.30. The van der Waals surface area contributed by atoms with Crippen LogP contribution in [0.4, 0.5) is 5.69 Å². The van der Waals surface area contributed by atoms with Crippen molar-refractivity contribution >= 4 is 17.4 Å². The van der Waals surface area contributed by atoms with Crippen molar-refractivity contribution in [2.45, 2.75) is 32.8 Å². The molecule has 2 N–H and O–H groups in total. The lowest BCUT2D eigenvalue weighted by Crippen LogP contribution is -2.27. The van der Waals surface area contributed by atoms with Crippen LogP contribution in [-0.4, -0.2) is 16.7 Å². The largest absolute Gasteiger partial charge is 0.489 e. The van der Waals surface area contributed by atoms with Crippen LogP contribution in [0, 0.1) is 6.92 Å². The highest BCUT2D eigenvalue weighted by Gasteiger charge is 2.22. The van der Waals surface area contributed by atoms with Gasteiger partial charge < -0.3 is 15.0 Å². The first kappa shape index (κ1) is 19.6. The molecule has 0 bridgehead atoms. The summed E-state index contributed by atoms with van der Waals surface area (Å²) < 4.78 is 5.81. The number of anilines is 1. The van der Waals surface area contributed by atoms with Gasteiger partial charge in [-0.2, -0.15) is 0 Å². The number of hydrogen-bond acceptors (Lipinski definition) is 4. The standard InChI is InChI=1S/C24H22N2O4/c1-15-12-17(30-14-16-6-3-2-4-7-16)10-11-20(15)25-23(28)19-13-18-21(26-24(19)29)8-5-9-22(18)27/h2-4,6-7,10-13H,5,8-9,14H2,1H3,(H,25,28)(H,26,29). The van der Waals surface area contributed by atoms with Crippen LogP contribution in [-0.2, 0) is 13.0 Å². The Morgan fingerprint density at radius 3 is 2.63 bits per heavy atom. The molecule has 30 heavy (non-hydrogen) atoms. The number of pyridine rings is 1. The Bertz CT molecular complexity index is 1170. The Hall–Kier alpha value is -3.67. The average molecular weight is 402 g/mol. The predicted octanol–water partition coefficient (Wildman–Crippen LogP) is 4.03. The maximum Gasteiger partial charge on any atom is 0.261 e. The first-order valence-corrected chi connectivity index (χ1v) is 9.89. The Labute approximate surface area is 173 Å². The first-order chi connectivity index (χ1) is 14.5. The molecule has 1 aliphatic rings. The molecule has 6 nitrogen and oxygen atoms in total. The van der Waals surface area contributed by atoms with Crippen LogP contribution in [0.5, 0.6) is 5.75 Å². The minimum Gasteiger partial charge on any atom is -0.489 e. The second kappa shape index (κ2) is 8.37. The summed E-state index contributed by atoms with van der Waals surface area (Å²) in [4.78, 5) is 39.9. The molecule has 0 spiro atoms. The van der Waals surface area contributed by atoms with Gasteiger partial charge in [0.1, 0.15) is 17.9 Å². The molecule has 1 amide bonds. The van der Waals surface area contributed by atoms with Gasteiger partial charge in [0.2, 0.25) is 0 Å². The number of carbonyl (C=O) groups is 2. The van der Waals surface area contributed by atoms with E-state index in [0.29, 0.717) is 48.6 Å². The average Bonchev–Trinajstić information content (AvgIpc) is 2.74. The SMILES string of the molecule is Cc1cc(OCc2ccccc2)ccc1NC(=O)c1cc2c([nH]c1=O)CCCC2=O. The number of carbonyl (C=O) groups excluding carboxylic acids is 2. The van der Waals surface area contributed by atoms with Gasteiger partial charge in [0.05, 0.1) is 0 Å². The van der Waals surface area contributed by atoms with Crippen molar-refractivity contribution in [2.24, 2.45) is 0 Å². The van der Waals surface area contributed by atoms with E-state index in [1.807, 2.05) is 43.3 Å². The summed E-state index contributed by atoms with van der Waals surface area (Å²) in [6, 6.07) is 16.6. The number of fused-ring (bicyclic) bond motifs is 1. The quantitative estimate of drug-likeness (QED) is 0.674. The molecule has 0 atom stereocenters. The second-order valence-electron chi connectivity index (χ2n) is 7.39. The second-order valence-corrected chi connectivity index (χ2v) is 7.39. The molecule has 152 valence electrons. The molecule has 0 fully saturated rings. The molecule has 0 radical (unpaired) electrons. The third-order valence-corrected chi connectivity index (χ3v) is 5.19. The van der Waals surface area contributed by atoms with E-state index in [-0.39, 0.29) is 11.3 Å². The van der Waals surface area contributed by atoms with Gasteiger partial charge in [0.15, 0.2) is 5.78 Å². The van der Waals surface area contributed by atoms with E-state index >= 15 is 0 Å². The maximum absolute atomic E-state index is 12.7. The topological polar surface area (TPSA) is 88.3 Å². The van der Waals surface area contributed by atoms with Gasteiger partial charge in [-0.15, -0.1) is 0 Å². The van der Waals surface area contributed by atoms with E-state index in [2.05, 4.69) is 10.3 Å². The van der Waals surface area contributed by atoms with Crippen molar-refractivity contribution in [3.63, 3.8) is 0 Å². The number of aromatic amines is 1. The van der Waals surface area contributed by atoms with Crippen LogP contribution >= 0.6 is 0 Å². The third-order valence-electron chi connectivity index (χ3n) is 5.19. The predicted molar refractivity (Wildman–Crippen MR) is 114 cm³/mol. The maximum atomic E-state index is 12.7. The smallest absolute Gasteiger partial charge is 0.261 e. The van der Waals surface area contributed by atoms with Crippen molar-refractivity contribution in [3.8, 4) is 5.75 Å². The monoisotopic (exact) mass is 402 g/mol. The Morgan fingerprint density at radius 1 is 1.07 bits per heavy atom. The van der Waals surface area contributed by atoms with Crippen LogP contribution in [0.2, 0.25) is 0 Å². The summed E-state index contributed by atoms with van der Waals surface area (Å²) in [5.74, 6) is 0.0997. The lowest BCUT2D eigenvalue weighted by molar-refractivity contribution is 0.0971. The van der Waals surface area contributed by atoms with Crippen LogP contribution in [0.1, 0.15) is 50.4 Å². The molecule has 0 saturated carbocycles. The molecule has 2 aromatic carbocycles. The molecule has 6 heteroatoms. The minimum absolute atomic E-state index is 0.0438.